The van der Waals surface area contributed by atoms with E-state index in [1.54, 1.807) is 14.2 Å². The van der Waals surface area contributed by atoms with Gasteiger partial charge in [-0.2, -0.15) is 5.06 Å². The zero-order valence-electron chi connectivity index (χ0n) is 15.6. The maximum atomic E-state index is 6.41. The molecule has 4 heteroatoms. The van der Waals surface area contributed by atoms with Gasteiger partial charge in [0, 0.05) is 38.1 Å². The molecule has 0 N–H and O–H groups in total. The number of benzene rings is 1. The van der Waals surface area contributed by atoms with E-state index in [9.17, 15) is 0 Å². The summed E-state index contributed by atoms with van der Waals surface area (Å²) < 4.78 is 11.5. The van der Waals surface area contributed by atoms with Crippen LogP contribution in [0.5, 0.6) is 0 Å². The number of methoxy groups -OCH3 is 2. The summed E-state index contributed by atoms with van der Waals surface area (Å²) in [6, 6.07) is 10.3. The maximum Gasteiger partial charge on any atom is 0.171 e. The van der Waals surface area contributed by atoms with Gasteiger partial charge in [0.15, 0.2) is 5.79 Å². The van der Waals surface area contributed by atoms with Gasteiger partial charge < -0.3 is 9.47 Å². The van der Waals surface area contributed by atoms with Crippen LogP contribution in [0.1, 0.15) is 59.1 Å². The molecule has 1 heterocycles. The van der Waals surface area contributed by atoms with E-state index in [0.717, 1.165) is 12.8 Å². The number of hydrogen-bond acceptors (Lipinski definition) is 4. The number of hydrogen-bond donors (Lipinski definition) is 0. The first-order chi connectivity index (χ1) is 10.7. The average Bonchev–Trinajstić information content (AvgIpc) is 2.50. The Morgan fingerprint density at radius 1 is 0.913 bits per heavy atom. The highest BCUT2D eigenvalue weighted by atomic mass is 16.7. The van der Waals surface area contributed by atoms with E-state index in [4.69, 9.17) is 14.3 Å². The Morgan fingerprint density at radius 3 is 1.83 bits per heavy atom. The lowest BCUT2D eigenvalue weighted by Gasteiger charge is -2.57. The van der Waals surface area contributed by atoms with Gasteiger partial charge in [-0.15, -0.1) is 0 Å². The van der Waals surface area contributed by atoms with E-state index in [0.29, 0.717) is 0 Å². The van der Waals surface area contributed by atoms with Crippen molar-refractivity contribution in [2.24, 2.45) is 0 Å². The van der Waals surface area contributed by atoms with Crippen molar-refractivity contribution < 1.29 is 14.3 Å². The highest BCUT2D eigenvalue weighted by Crippen LogP contribution is 2.46. The first kappa shape index (κ1) is 18.4. The molecule has 4 nitrogen and oxygen atoms in total. The minimum absolute atomic E-state index is 0.00709. The molecule has 0 amide bonds. The van der Waals surface area contributed by atoms with E-state index in [-0.39, 0.29) is 17.2 Å². The number of piperidine rings is 1. The lowest BCUT2D eigenvalue weighted by atomic mass is 9.78. The number of rotatable bonds is 5. The zero-order valence-corrected chi connectivity index (χ0v) is 15.6. The summed E-state index contributed by atoms with van der Waals surface area (Å²) in [5, 5.41) is 2.13. The van der Waals surface area contributed by atoms with Gasteiger partial charge in [-0.05, 0) is 40.2 Å². The van der Waals surface area contributed by atoms with Crippen molar-refractivity contribution in [1.29, 1.82) is 0 Å². The SMILES string of the molecule is COC1(OC)CC(C)(C)N(OC(C)c2ccccc2)C(C)(C)C1. The van der Waals surface area contributed by atoms with Gasteiger partial charge in [0.05, 0.1) is 0 Å². The largest absolute Gasteiger partial charge is 0.353 e. The summed E-state index contributed by atoms with van der Waals surface area (Å²) in [4.78, 5) is 6.41. The second-order valence-corrected chi connectivity index (χ2v) is 7.75. The minimum Gasteiger partial charge on any atom is -0.353 e. The molecule has 1 saturated heterocycles. The fraction of sp³-hybridized carbons (Fsp3) is 0.684. The molecule has 1 atom stereocenters. The van der Waals surface area contributed by atoms with E-state index < -0.39 is 5.79 Å². The van der Waals surface area contributed by atoms with Gasteiger partial charge in [0.1, 0.15) is 6.10 Å². The number of nitrogens with zero attached hydrogens (tertiary/aromatic N) is 1. The topological polar surface area (TPSA) is 30.9 Å². The molecule has 0 radical (unpaired) electrons. The molecule has 0 aromatic heterocycles. The highest BCUT2D eigenvalue weighted by Gasteiger charge is 2.54. The molecule has 2 rings (SSSR count). The summed E-state index contributed by atoms with van der Waals surface area (Å²) in [5.74, 6) is -0.567. The molecular formula is C19H31NO3. The standard InChI is InChI=1S/C19H31NO3/c1-15(16-11-9-8-10-12-16)23-20-17(2,3)13-19(21-6,22-7)14-18(20,4)5/h8-12,15H,13-14H2,1-7H3. The maximum absolute atomic E-state index is 6.41. The summed E-state index contributed by atoms with van der Waals surface area (Å²) in [6.45, 7) is 10.8. The minimum atomic E-state index is -0.567. The predicted molar refractivity (Wildman–Crippen MR) is 91.9 cm³/mol. The molecule has 1 aliphatic heterocycles. The molecule has 0 bridgehead atoms. The van der Waals surface area contributed by atoms with E-state index in [1.165, 1.54) is 5.56 Å². The second-order valence-electron chi connectivity index (χ2n) is 7.75. The molecule has 0 aliphatic carbocycles. The quantitative estimate of drug-likeness (QED) is 0.756. The van der Waals surface area contributed by atoms with E-state index >= 15 is 0 Å². The van der Waals surface area contributed by atoms with Gasteiger partial charge in [0.2, 0.25) is 0 Å². The molecule has 23 heavy (non-hydrogen) atoms. The monoisotopic (exact) mass is 321 g/mol. The van der Waals surface area contributed by atoms with Crippen molar-refractivity contribution >= 4 is 0 Å². The third-order valence-electron chi connectivity index (χ3n) is 4.78. The van der Waals surface area contributed by atoms with Crippen LogP contribution in [0.4, 0.5) is 0 Å². The van der Waals surface area contributed by atoms with Crippen molar-refractivity contribution in [3.05, 3.63) is 35.9 Å². The Bertz CT molecular complexity index is 489. The molecule has 0 saturated carbocycles. The van der Waals surface area contributed by atoms with Gasteiger partial charge in [-0.1, -0.05) is 30.3 Å². The first-order valence-corrected chi connectivity index (χ1v) is 8.28. The van der Waals surface area contributed by atoms with Crippen LogP contribution >= 0.6 is 0 Å². The van der Waals surface area contributed by atoms with Crippen LogP contribution in [-0.2, 0) is 14.3 Å². The Balaban J connectivity index is 2.24. The third kappa shape index (κ3) is 3.77. The van der Waals surface area contributed by atoms with Crippen molar-refractivity contribution in [3.8, 4) is 0 Å². The van der Waals surface area contributed by atoms with Crippen LogP contribution < -0.4 is 0 Å². The molecule has 0 spiro atoms. The fourth-order valence-corrected chi connectivity index (χ4v) is 3.94. The van der Waals surface area contributed by atoms with Crippen LogP contribution in [0.2, 0.25) is 0 Å². The molecule has 130 valence electrons. The summed E-state index contributed by atoms with van der Waals surface area (Å²) >= 11 is 0. The van der Waals surface area contributed by atoms with Gasteiger partial charge in [-0.25, -0.2) is 0 Å². The third-order valence-corrected chi connectivity index (χ3v) is 4.78. The van der Waals surface area contributed by atoms with Crippen LogP contribution in [0.15, 0.2) is 30.3 Å². The molecule has 1 aromatic carbocycles. The Hall–Kier alpha value is -0.940. The Morgan fingerprint density at radius 2 is 1.39 bits per heavy atom. The number of hydroxylamine groups is 2. The van der Waals surface area contributed by atoms with Gasteiger partial charge >= 0.3 is 0 Å². The summed E-state index contributed by atoms with van der Waals surface area (Å²) in [7, 11) is 3.44. The summed E-state index contributed by atoms with van der Waals surface area (Å²) in [5.41, 5.74) is 0.752. The normalized spacial score (nSPS) is 24.3. The van der Waals surface area contributed by atoms with E-state index in [1.807, 2.05) is 18.2 Å². The Labute approximate surface area is 140 Å². The highest BCUT2D eigenvalue weighted by molar-refractivity contribution is 5.17. The van der Waals surface area contributed by atoms with Crippen molar-refractivity contribution in [2.45, 2.75) is 70.4 Å². The molecule has 1 aromatic rings. The Kier molecular flexibility index (Phi) is 5.21. The van der Waals surface area contributed by atoms with E-state index in [2.05, 4.69) is 51.8 Å². The van der Waals surface area contributed by atoms with Crippen LogP contribution in [-0.4, -0.2) is 36.1 Å². The van der Waals surface area contributed by atoms with Crippen molar-refractivity contribution in [1.82, 2.24) is 5.06 Å². The van der Waals surface area contributed by atoms with Crippen molar-refractivity contribution in [3.63, 3.8) is 0 Å². The van der Waals surface area contributed by atoms with Crippen molar-refractivity contribution in [2.75, 3.05) is 14.2 Å². The fourth-order valence-electron chi connectivity index (χ4n) is 3.94. The lowest BCUT2D eigenvalue weighted by Crippen LogP contribution is -2.66. The predicted octanol–water partition coefficient (Wildman–Crippen LogP) is 4.32. The zero-order chi connectivity index (χ0) is 17.3. The second kappa shape index (κ2) is 6.52. The smallest absolute Gasteiger partial charge is 0.171 e. The molecule has 1 aliphatic rings. The summed E-state index contributed by atoms with van der Waals surface area (Å²) in [6.07, 6.45) is 1.49. The van der Waals surface area contributed by atoms with Gasteiger partial charge in [0.25, 0.3) is 0 Å². The van der Waals surface area contributed by atoms with Gasteiger partial charge in [-0.3, -0.25) is 4.84 Å². The lowest BCUT2D eigenvalue weighted by molar-refractivity contribution is -0.360. The molecule has 1 fully saturated rings. The molecular weight excluding hydrogens is 290 g/mol. The van der Waals surface area contributed by atoms with Crippen LogP contribution in [0.3, 0.4) is 0 Å². The van der Waals surface area contributed by atoms with Crippen LogP contribution in [0, 0.1) is 0 Å². The average molecular weight is 321 g/mol. The van der Waals surface area contributed by atoms with Crippen LogP contribution in [0.25, 0.3) is 0 Å². The first-order valence-electron chi connectivity index (χ1n) is 8.28. The number of ether oxygens (including phenoxy) is 2. The molecule has 1 unspecified atom stereocenters.